The quantitative estimate of drug-likeness (QED) is 0.620. The predicted octanol–water partition coefficient (Wildman–Crippen LogP) is 1.32. The zero-order chi connectivity index (χ0) is 15.0. The van der Waals surface area contributed by atoms with Crippen LogP contribution in [0.2, 0.25) is 0 Å². The Morgan fingerprint density at radius 3 is 2.24 bits per heavy atom. The Bertz CT molecular complexity index is 318. The van der Waals surface area contributed by atoms with Crippen molar-refractivity contribution in [3.05, 3.63) is 0 Å². The Balaban J connectivity index is 0.00000400. The number of piperidine rings is 1. The van der Waals surface area contributed by atoms with Crippen LogP contribution in [0.25, 0.3) is 0 Å². The Morgan fingerprint density at radius 2 is 1.67 bits per heavy atom. The standard InChI is InChI=1S/C15H29N3O2.ClH/c1-11(2)15(20)18-9-8-17-14(19)10-12(3)13-4-6-16-7-5-13;/h11-13,16H,4-10H2,1-3H3,(H,17,19)(H,18,20);1H. The van der Waals surface area contributed by atoms with Crippen molar-refractivity contribution < 1.29 is 9.59 Å². The minimum absolute atomic E-state index is 0. The first kappa shape index (κ1) is 20.2. The van der Waals surface area contributed by atoms with E-state index >= 15 is 0 Å². The van der Waals surface area contributed by atoms with E-state index in [1.165, 1.54) is 12.8 Å². The Kier molecular flexibility index (Phi) is 10.4. The van der Waals surface area contributed by atoms with Crippen molar-refractivity contribution in [1.29, 1.82) is 0 Å². The zero-order valence-electron chi connectivity index (χ0n) is 13.4. The molecule has 1 rings (SSSR count). The third-order valence-electron chi connectivity index (χ3n) is 3.97. The van der Waals surface area contributed by atoms with E-state index in [2.05, 4.69) is 22.9 Å². The molecule has 21 heavy (non-hydrogen) atoms. The maximum atomic E-state index is 11.8. The average molecular weight is 320 g/mol. The Morgan fingerprint density at radius 1 is 1.10 bits per heavy atom. The molecule has 3 N–H and O–H groups in total. The van der Waals surface area contributed by atoms with Crippen molar-refractivity contribution in [2.45, 2.75) is 40.0 Å². The van der Waals surface area contributed by atoms with Gasteiger partial charge in [0, 0.05) is 25.4 Å². The number of hydrogen-bond acceptors (Lipinski definition) is 3. The molecule has 0 bridgehead atoms. The first-order chi connectivity index (χ1) is 9.50. The highest BCUT2D eigenvalue weighted by atomic mass is 35.5. The van der Waals surface area contributed by atoms with E-state index < -0.39 is 0 Å². The molecule has 2 amide bonds. The van der Waals surface area contributed by atoms with Gasteiger partial charge in [-0.3, -0.25) is 9.59 Å². The molecule has 1 fully saturated rings. The molecule has 0 aromatic rings. The van der Waals surface area contributed by atoms with Crippen molar-refractivity contribution >= 4 is 24.2 Å². The van der Waals surface area contributed by atoms with E-state index in [1.54, 1.807) is 0 Å². The lowest BCUT2D eigenvalue weighted by Gasteiger charge is -2.27. The summed E-state index contributed by atoms with van der Waals surface area (Å²) in [4.78, 5) is 23.2. The van der Waals surface area contributed by atoms with Gasteiger partial charge in [-0.05, 0) is 37.8 Å². The largest absolute Gasteiger partial charge is 0.354 e. The fourth-order valence-corrected chi connectivity index (χ4v) is 2.54. The summed E-state index contributed by atoms with van der Waals surface area (Å²) in [6, 6.07) is 0. The van der Waals surface area contributed by atoms with Crippen molar-refractivity contribution in [2.75, 3.05) is 26.2 Å². The first-order valence-corrected chi connectivity index (χ1v) is 7.75. The van der Waals surface area contributed by atoms with Gasteiger partial charge in [-0.25, -0.2) is 0 Å². The van der Waals surface area contributed by atoms with Gasteiger partial charge in [-0.15, -0.1) is 12.4 Å². The van der Waals surface area contributed by atoms with E-state index in [0.29, 0.717) is 31.3 Å². The first-order valence-electron chi connectivity index (χ1n) is 7.75. The molecule has 1 heterocycles. The van der Waals surface area contributed by atoms with Crippen molar-refractivity contribution in [3.63, 3.8) is 0 Å². The average Bonchev–Trinajstić information content (AvgIpc) is 2.44. The Labute approximate surface area is 134 Å². The van der Waals surface area contributed by atoms with Gasteiger partial charge in [0.2, 0.25) is 11.8 Å². The van der Waals surface area contributed by atoms with Crippen molar-refractivity contribution in [3.8, 4) is 0 Å². The summed E-state index contributed by atoms with van der Waals surface area (Å²) in [5, 5.41) is 9.01. The number of halogens is 1. The van der Waals surface area contributed by atoms with Gasteiger partial charge in [-0.2, -0.15) is 0 Å². The van der Waals surface area contributed by atoms with Crippen LogP contribution in [-0.2, 0) is 9.59 Å². The fraction of sp³-hybridized carbons (Fsp3) is 0.867. The van der Waals surface area contributed by atoms with E-state index in [1.807, 2.05) is 13.8 Å². The second kappa shape index (κ2) is 10.9. The maximum absolute atomic E-state index is 11.8. The zero-order valence-corrected chi connectivity index (χ0v) is 14.2. The predicted molar refractivity (Wildman–Crippen MR) is 87.5 cm³/mol. The smallest absolute Gasteiger partial charge is 0.222 e. The highest BCUT2D eigenvalue weighted by Crippen LogP contribution is 2.23. The van der Waals surface area contributed by atoms with Crippen molar-refractivity contribution in [1.82, 2.24) is 16.0 Å². The van der Waals surface area contributed by atoms with E-state index in [9.17, 15) is 9.59 Å². The molecule has 0 aromatic carbocycles. The van der Waals surface area contributed by atoms with Crippen LogP contribution < -0.4 is 16.0 Å². The molecule has 0 aromatic heterocycles. The number of amides is 2. The lowest BCUT2D eigenvalue weighted by Crippen LogP contribution is -2.37. The summed E-state index contributed by atoms with van der Waals surface area (Å²) < 4.78 is 0. The minimum atomic E-state index is -0.00867. The van der Waals surface area contributed by atoms with Crippen LogP contribution in [0.3, 0.4) is 0 Å². The lowest BCUT2D eigenvalue weighted by atomic mass is 9.84. The van der Waals surface area contributed by atoms with Gasteiger partial charge in [-0.1, -0.05) is 20.8 Å². The molecule has 1 aliphatic heterocycles. The number of rotatable bonds is 7. The number of carbonyl (C=O) groups is 2. The van der Waals surface area contributed by atoms with Gasteiger partial charge in [0.15, 0.2) is 0 Å². The molecular weight excluding hydrogens is 290 g/mol. The number of carbonyl (C=O) groups excluding carboxylic acids is 2. The van der Waals surface area contributed by atoms with Crippen LogP contribution in [0.15, 0.2) is 0 Å². The Hall–Kier alpha value is -0.810. The lowest BCUT2D eigenvalue weighted by molar-refractivity contribution is -0.125. The highest BCUT2D eigenvalue weighted by Gasteiger charge is 2.21. The molecule has 6 heteroatoms. The molecule has 124 valence electrons. The molecule has 1 unspecified atom stereocenters. The fourth-order valence-electron chi connectivity index (χ4n) is 2.54. The molecule has 0 radical (unpaired) electrons. The van der Waals surface area contributed by atoms with E-state index in [0.717, 1.165) is 13.1 Å². The molecule has 0 spiro atoms. The highest BCUT2D eigenvalue weighted by molar-refractivity contribution is 5.85. The second-order valence-corrected chi connectivity index (χ2v) is 6.06. The van der Waals surface area contributed by atoms with E-state index in [4.69, 9.17) is 0 Å². The molecular formula is C15H30ClN3O2. The van der Waals surface area contributed by atoms with Crippen LogP contribution in [0, 0.1) is 17.8 Å². The summed E-state index contributed by atoms with van der Waals surface area (Å²) in [6.45, 7) is 9.02. The van der Waals surface area contributed by atoms with Gasteiger partial charge in [0.05, 0.1) is 0 Å². The summed E-state index contributed by atoms with van der Waals surface area (Å²) in [5.41, 5.74) is 0. The molecule has 0 saturated carbocycles. The van der Waals surface area contributed by atoms with Crippen LogP contribution in [0.1, 0.15) is 40.0 Å². The normalized spacial score (nSPS) is 17.0. The molecule has 5 nitrogen and oxygen atoms in total. The monoisotopic (exact) mass is 319 g/mol. The van der Waals surface area contributed by atoms with Crippen LogP contribution >= 0.6 is 12.4 Å². The van der Waals surface area contributed by atoms with Gasteiger partial charge >= 0.3 is 0 Å². The minimum Gasteiger partial charge on any atom is -0.354 e. The SMILES string of the molecule is CC(C)C(=O)NCCNC(=O)CC(C)C1CCNCC1.Cl. The summed E-state index contributed by atoms with van der Waals surface area (Å²) in [7, 11) is 0. The number of nitrogens with one attached hydrogen (secondary N) is 3. The molecule has 1 atom stereocenters. The van der Waals surface area contributed by atoms with Crippen molar-refractivity contribution in [2.24, 2.45) is 17.8 Å². The van der Waals surface area contributed by atoms with E-state index in [-0.39, 0.29) is 30.1 Å². The van der Waals surface area contributed by atoms with Crippen LogP contribution in [0.4, 0.5) is 0 Å². The molecule has 1 saturated heterocycles. The van der Waals surface area contributed by atoms with Gasteiger partial charge in [0.25, 0.3) is 0 Å². The topological polar surface area (TPSA) is 70.2 Å². The third-order valence-corrected chi connectivity index (χ3v) is 3.97. The summed E-state index contributed by atoms with van der Waals surface area (Å²) >= 11 is 0. The summed E-state index contributed by atoms with van der Waals surface area (Å²) in [6.07, 6.45) is 2.92. The van der Waals surface area contributed by atoms with Crippen LogP contribution in [0.5, 0.6) is 0 Å². The van der Waals surface area contributed by atoms with Crippen LogP contribution in [-0.4, -0.2) is 38.0 Å². The second-order valence-electron chi connectivity index (χ2n) is 6.06. The maximum Gasteiger partial charge on any atom is 0.222 e. The summed E-state index contributed by atoms with van der Waals surface area (Å²) in [5.74, 6) is 1.20. The molecule has 1 aliphatic rings. The molecule has 0 aliphatic carbocycles. The third kappa shape index (κ3) is 8.27. The van der Waals surface area contributed by atoms with Gasteiger partial charge < -0.3 is 16.0 Å². The number of hydrogen-bond donors (Lipinski definition) is 3. The van der Waals surface area contributed by atoms with Gasteiger partial charge in [0.1, 0.15) is 0 Å².